The van der Waals surface area contributed by atoms with Crippen LogP contribution in [-0.2, 0) is 6.18 Å². The Morgan fingerprint density at radius 2 is 2.00 bits per heavy atom. The lowest BCUT2D eigenvalue weighted by Gasteiger charge is -2.10. The summed E-state index contributed by atoms with van der Waals surface area (Å²) in [4.78, 5) is 13.3. The predicted molar refractivity (Wildman–Crippen MR) is 69.1 cm³/mol. The van der Waals surface area contributed by atoms with Crippen molar-refractivity contribution in [3.63, 3.8) is 0 Å². The Kier molecular flexibility index (Phi) is 4.09. The third kappa shape index (κ3) is 3.37. The molecule has 1 aromatic heterocycles. The van der Waals surface area contributed by atoms with E-state index >= 15 is 0 Å². The summed E-state index contributed by atoms with van der Waals surface area (Å²) >= 11 is 5.65. The van der Waals surface area contributed by atoms with Crippen molar-refractivity contribution in [1.29, 1.82) is 0 Å². The molecule has 0 aliphatic carbocycles. The first kappa shape index (κ1) is 15.8. The normalized spacial score (nSPS) is 11.3. The molecule has 6 nitrogen and oxygen atoms in total. The third-order valence-electron chi connectivity index (χ3n) is 2.49. The Hall–Kier alpha value is -2.55. The number of phenolic OH excluding ortho intramolecular Hbond substituents is 1. The van der Waals surface area contributed by atoms with Gasteiger partial charge in [-0.15, -0.1) is 0 Å². The number of alkyl halides is 3. The number of ether oxygens (including phenoxy) is 1. The van der Waals surface area contributed by atoms with E-state index in [4.69, 9.17) is 16.3 Å². The van der Waals surface area contributed by atoms with Crippen molar-refractivity contribution in [3.05, 3.63) is 51.2 Å². The highest BCUT2D eigenvalue weighted by Gasteiger charge is 2.31. The van der Waals surface area contributed by atoms with E-state index in [9.17, 15) is 28.4 Å². The number of nitro benzene ring substituents is 1. The Labute approximate surface area is 125 Å². The minimum absolute atomic E-state index is 0.112. The molecule has 0 spiro atoms. The minimum atomic E-state index is -4.60. The lowest BCUT2D eigenvalue weighted by atomic mass is 10.2. The molecule has 0 amide bonds. The summed E-state index contributed by atoms with van der Waals surface area (Å²) in [5, 5.41) is 19.5. The van der Waals surface area contributed by atoms with Gasteiger partial charge in [0.2, 0.25) is 5.88 Å². The molecule has 1 aromatic carbocycles. The average Bonchev–Trinajstić information content (AvgIpc) is 2.41. The maximum Gasteiger partial charge on any atom is 0.417 e. The second kappa shape index (κ2) is 5.68. The Morgan fingerprint density at radius 1 is 1.32 bits per heavy atom. The number of pyridine rings is 1. The molecule has 0 saturated carbocycles. The molecule has 0 unspecified atom stereocenters. The van der Waals surface area contributed by atoms with Crippen LogP contribution in [0.15, 0.2) is 30.5 Å². The highest BCUT2D eigenvalue weighted by molar-refractivity contribution is 6.31. The van der Waals surface area contributed by atoms with Gasteiger partial charge in [0.15, 0.2) is 5.75 Å². The van der Waals surface area contributed by atoms with Crippen LogP contribution in [-0.4, -0.2) is 15.0 Å². The van der Waals surface area contributed by atoms with E-state index in [-0.39, 0.29) is 11.6 Å². The van der Waals surface area contributed by atoms with Gasteiger partial charge in [-0.2, -0.15) is 13.2 Å². The van der Waals surface area contributed by atoms with E-state index in [0.29, 0.717) is 12.3 Å². The Balaban J connectivity index is 2.32. The molecule has 10 heteroatoms. The number of benzene rings is 1. The van der Waals surface area contributed by atoms with E-state index in [1.165, 1.54) is 6.07 Å². The molecule has 1 N–H and O–H groups in total. The summed E-state index contributed by atoms with van der Waals surface area (Å²) in [6, 6.07) is 3.70. The molecule has 0 saturated heterocycles. The number of phenols is 1. The number of aromatic hydroxyl groups is 1. The lowest BCUT2D eigenvalue weighted by molar-refractivity contribution is -0.385. The number of halogens is 4. The summed E-state index contributed by atoms with van der Waals surface area (Å²) < 4.78 is 42.5. The highest BCUT2D eigenvalue weighted by Crippen LogP contribution is 2.36. The standard InChI is InChI=1S/C12H6ClF3N2O4/c13-8-3-6(12(14,15)16)5-17-11(8)22-7-1-2-10(19)9(4-7)18(20)21/h1-5,19H. The van der Waals surface area contributed by atoms with Gasteiger partial charge in [-0.3, -0.25) is 10.1 Å². The van der Waals surface area contributed by atoms with Crippen LogP contribution < -0.4 is 4.74 Å². The smallest absolute Gasteiger partial charge is 0.417 e. The molecule has 0 radical (unpaired) electrons. The number of rotatable bonds is 3. The van der Waals surface area contributed by atoms with Crippen LogP contribution in [0.25, 0.3) is 0 Å². The van der Waals surface area contributed by atoms with E-state index in [1.54, 1.807) is 0 Å². The van der Waals surface area contributed by atoms with E-state index in [1.807, 2.05) is 0 Å². The molecule has 1 heterocycles. The van der Waals surface area contributed by atoms with Gasteiger partial charge in [0.25, 0.3) is 0 Å². The van der Waals surface area contributed by atoms with Crippen molar-refractivity contribution >= 4 is 17.3 Å². The maximum absolute atomic E-state index is 12.5. The SMILES string of the molecule is O=[N+]([O-])c1cc(Oc2ncc(C(F)(F)F)cc2Cl)ccc1O. The van der Waals surface area contributed by atoms with Crippen LogP contribution in [0, 0.1) is 10.1 Å². The fourth-order valence-corrected chi connectivity index (χ4v) is 1.69. The van der Waals surface area contributed by atoms with Crippen molar-refractivity contribution in [3.8, 4) is 17.4 Å². The van der Waals surface area contributed by atoms with Gasteiger partial charge in [0, 0.05) is 6.20 Å². The van der Waals surface area contributed by atoms with Gasteiger partial charge in [-0.05, 0) is 18.2 Å². The first-order valence-corrected chi connectivity index (χ1v) is 5.94. The van der Waals surface area contributed by atoms with Crippen molar-refractivity contribution in [2.75, 3.05) is 0 Å². The lowest BCUT2D eigenvalue weighted by Crippen LogP contribution is -2.05. The van der Waals surface area contributed by atoms with Gasteiger partial charge in [0.05, 0.1) is 16.6 Å². The van der Waals surface area contributed by atoms with Gasteiger partial charge in [-0.1, -0.05) is 11.6 Å². The number of aromatic nitrogens is 1. The zero-order valence-electron chi connectivity index (χ0n) is 10.5. The van der Waals surface area contributed by atoms with Crippen LogP contribution in [0.3, 0.4) is 0 Å². The first-order chi connectivity index (χ1) is 10.2. The molecule has 0 atom stereocenters. The largest absolute Gasteiger partial charge is 0.502 e. The predicted octanol–water partition coefficient (Wildman–Crippen LogP) is 4.16. The summed E-state index contributed by atoms with van der Waals surface area (Å²) in [5.74, 6) is -1.04. The summed E-state index contributed by atoms with van der Waals surface area (Å²) in [6.45, 7) is 0. The second-order valence-corrected chi connectivity index (χ2v) is 4.43. The van der Waals surface area contributed by atoms with Crippen LogP contribution in [0.5, 0.6) is 17.4 Å². The summed E-state index contributed by atoms with van der Waals surface area (Å²) in [5.41, 5.74) is -1.68. The Morgan fingerprint density at radius 3 is 2.55 bits per heavy atom. The molecular formula is C12H6ClF3N2O4. The molecule has 0 bridgehead atoms. The quantitative estimate of drug-likeness (QED) is 0.673. The molecular weight excluding hydrogens is 329 g/mol. The van der Waals surface area contributed by atoms with Gasteiger partial charge >= 0.3 is 11.9 Å². The number of nitro groups is 1. The van der Waals surface area contributed by atoms with Crippen LogP contribution in [0.1, 0.15) is 5.56 Å². The van der Waals surface area contributed by atoms with E-state index in [2.05, 4.69) is 4.98 Å². The fraction of sp³-hybridized carbons (Fsp3) is 0.0833. The zero-order chi connectivity index (χ0) is 16.5. The van der Waals surface area contributed by atoms with E-state index in [0.717, 1.165) is 12.1 Å². The number of hydrogen-bond donors (Lipinski definition) is 1. The van der Waals surface area contributed by atoms with Crippen LogP contribution in [0.4, 0.5) is 18.9 Å². The highest BCUT2D eigenvalue weighted by atomic mass is 35.5. The molecule has 0 fully saturated rings. The second-order valence-electron chi connectivity index (χ2n) is 4.02. The van der Waals surface area contributed by atoms with Gasteiger partial charge in [-0.25, -0.2) is 4.98 Å². The van der Waals surface area contributed by atoms with Gasteiger partial charge in [0.1, 0.15) is 10.8 Å². The maximum atomic E-state index is 12.5. The Bertz CT molecular complexity index is 737. The fourth-order valence-electron chi connectivity index (χ4n) is 1.48. The first-order valence-electron chi connectivity index (χ1n) is 5.56. The van der Waals surface area contributed by atoms with Crippen molar-refractivity contribution < 1.29 is 27.9 Å². The molecule has 0 aliphatic heterocycles. The molecule has 0 aliphatic rings. The number of hydrogen-bond acceptors (Lipinski definition) is 5. The molecule has 22 heavy (non-hydrogen) atoms. The topological polar surface area (TPSA) is 85.5 Å². The van der Waals surface area contributed by atoms with E-state index < -0.39 is 33.1 Å². The van der Waals surface area contributed by atoms with Crippen molar-refractivity contribution in [2.24, 2.45) is 0 Å². The summed E-state index contributed by atoms with van der Waals surface area (Å²) in [7, 11) is 0. The molecule has 116 valence electrons. The third-order valence-corrected chi connectivity index (χ3v) is 2.76. The zero-order valence-corrected chi connectivity index (χ0v) is 11.2. The monoisotopic (exact) mass is 334 g/mol. The number of nitrogens with zero attached hydrogens (tertiary/aromatic N) is 2. The van der Waals surface area contributed by atoms with Gasteiger partial charge < -0.3 is 9.84 Å². The average molecular weight is 335 g/mol. The van der Waals surface area contributed by atoms with Crippen molar-refractivity contribution in [2.45, 2.75) is 6.18 Å². The van der Waals surface area contributed by atoms with Crippen LogP contribution in [0.2, 0.25) is 5.02 Å². The van der Waals surface area contributed by atoms with Crippen molar-refractivity contribution in [1.82, 2.24) is 4.98 Å². The molecule has 2 rings (SSSR count). The molecule has 2 aromatic rings. The minimum Gasteiger partial charge on any atom is -0.502 e. The summed E-state index contributed by atoms with van der Waals surface area (Å²) in [6.07, 6.45) is -4.08. The van der Waals surface area contributed by atoms with Crippen LogP contribution >= 0.6 is 11.6 Å².